The maximum Gasteiger partial charge on any atom is 0.243 e. The predicted molar refractivity (Wildman–Crippen MR) is 126 cm³/mol. The average Bonchev–Trinajstić information content (AvgIpc) is 3.38. The molecule has 1 aliphatic heterocycles. The summed E-state index contributed by atoms with van der Waals surface area (Å²) in [5.41, 5.74) is 3.11. The summed E-state index contributed by atoms with van der Waals surface area (Å²) in [4.78, 5) is 20.3. The second kappa shape index (κ2) is 8.36. The van der Waals surface area contributed by atoms with E-state index in [9.17, 15) is 4.79 Å². The second-order valence-corrected chi connectivity index (χ2v) is 9.37. The van der Waals surface area contributed by atoms with Crippen LogP contribution in [0.25, 0.3) is 21.6 Å². The molecular formula is C23H23N5OS2. The minimum atomic E-state index is 0.0162. The second-order valence-electron chi connectivity index (χ2n) is 7.92. The molecule has 0 radical (unpaired) electrons. The molecule has 6 nitrogen and oxygen atoms in total. The first-order valence-corrected chi connectivity index (χ1v) is 11.7. The summed E-state index contributed by atoms with van der Waals surface area (Å²) in [6.07, 6.45) is 3.05. The van der Waals surface area contributed by atoms with Crippen LogP contribution in [-0.2, 0) is 11.3 Å². The van der Waals surface area contributed by atoms with Gasteiger partial charge in [-0.2, -0.15) is 5.10 Å². The highest BCUT2D eigenvalue weighted by Crippen LogP contribution is 2.36. The molecule has 2 aromatic heterocycles. The van der Waals surface area contributed by atoms with E-state index in [1.54, 1.807) is 15.9 Å². The van der Waals surface area contributed by atoms with E-state index in [1.807, 2.05) is 54.3 Å². The number of benzene rings is 2. The number of fused-ring (bicyclic) bond motifs is 1. The zero-order chi connectivity index (χ0) is 21.4. The Morgan fingerprint density at radius 1 is 1.19 bits per heavy atom. The Balaban J connectivity index is 1.43. The van der Waals surface area contributed by atoms with Gasteiger partial charge in [0.25, 0.3) is 0 Å². The summed E-state index contributed by atoms with van der Waals surface area (Å²) in [5.74, 6) is 0.738. The van der Waals surface area contributed by atoms with Gasteiger partial charge in [-0.15, -0.1) is 11.3 Å². The fourth-order valence-electron chi connectivity index (χ4n) is 4.13. The lowest BCUT2D eigenvalue weighted by Crippen LogP contribution is -2.40. The number of aryl methyl sites for hydroxylation is 1. The molecule has 8 heteroatoms. The molecule has 1 amide bonds. The third-order valence-corrected chi connectivity index (χ3v) is 7.23. The Labute approximate surface area is 189 Å². The van der Waals surface area contributed by atoms with Crippen molar-refractivity contribution in [2.45, 2.75) is 38.8 Å². The minimum Gasteiger partial charge on any atom is -0.332 e. The highest BCUT2D eigenvalue weighted by Gasteiger charge is 2.31. The van der Waals surface area contributed by atoms with E-state index in [2.05, 4.69) is 16.3 Å². The molecule has 1 atom stereocenters. The fourth-order valence-corrected chi connectivity index (χ4v) is 5.44. The number of nitrogens with one attached hydrogen (secondary N) is 1. The van der Waals surface area contributed by atoms with Gasteiger partial charge >= 0.3 is 0 Å². The number of rotatable bonds is 4. The molecule has 3 heterocycles. The lowest BCUT2D eigenvalue weighted by molar-refractivity contribution is -0.135. The molecule has 1 saturated heterocycles. The zero-order valence-corrected chi connectivity index (χ0v) is 18.9. The summed E-state index contributed by atoms with van der Waals surface area (Å²) in [6.45, 7) is 2.95. The maximum atomic E-state index is 13.4. The lowest BCUT2D eigenvalue weighted by atomic mass is 10.0. The highest BCUT2D eigenvalue weighted by molar-refractivity contribution is 7.71. The van der Waals surface area contributed by atoms with Gasteiger partial charge in [0.15, 0.2) is 10.6 Å². The monoisotopic (exact) mass is 449 g/mol. The topological polar surface area (TPSA) is 66.8 Å². The van der Waals surface area contributed by atoms with Crippen molar-refractivity contribution >= 4 is 39.7 Å². The molecule has 5 rings (SSSR count). The van der Waals surface area contributed by atoms with E-state index in [1.165, 1.54) is 5.56 Å². The van der Waals surface area contributed by atoms with E-state index in [0.29, 0.717) is 10.6 Å². The summed E-state index contributed by atoms with van der Waals surface area (Å²) >= 11 is 7.14. The van der Waals surface area contributed by atoms with Crippen LogP contribution in [0.2, 0.25) is 0 Å². The minimum absolute atomic E-state index is 0.0162. The summed E-state index contributed by atoms with van der Waals surface area (Å²) in [5, 5.41) is 8.26. The van der Waals surface area contributed by atoms with E-state index in [-0.39, 0.29) is 18.5 Å². The van der Waals surface area contributed by atoms with Crippen LogP contribution in [0.5, 0.6) is 0 Å². The molecule has 0 spiro atoms. The first-order chi connectivity index (χ1) is 15.1. The number of hydrogen-bond donors (Lipinski definition) is 1. The van der Waals surface area contributed by atoms with E-state index in [0.717, 1.165) is 46.6 Å². The number of piperidine rings is 1. The van der Waals surface area contributed by atoms with Crippen molar-refractivity contribution in [1.29, 1.82) is 0 Å². The molecule has 2 aromatic carbocycles. The first kappa shape index (κ1) is 20.1. The molecule has 158 valence electrons. The standard InChI is InChI=1S/C23H23N5OS2/c1-15-9-11-16(12-10-15)21-25-26-23(30)28(21)14-20(29)27-13-5-4-7-18(27)22-24-17-6-2-3-8-19(17)31-22/h2-3,6,8-12,18H,4-5,7,13-14H2,1H3,(H,26,30). The maximum absolute atomic E-state index is 13.4. The van der Waals surface area contributed by atoms with Crippen molar-refractivity contribution in [3.8, 4) is 11.4 Å². The Bertz CT molecular complexity index is 1250. The van der Waals surface area contributed by atoms with Gasteiger partial charge < -0.3 is 4.90 Å². The van der Waals surface area contributed by atoms with Crippen LogP contribution in [0.4, 0.5) is 0 Å². The number of para-hydroxylation sites is 1. The molecule has 1 unspecified atom stereocenters. The Morgan fingerprint density at radius 2 is 2.00 bits per heavy atom. The number of amides is 1. The molecular weight excluding hydrogens is 426 g/mol. The van der Waals surface area contributed by atoms with Gasteiger partial charge in [0, 0.05) is 12.1 Å². The van der Waals surface area contributed by atoms with Gasteiger partial charge in [-0.25, -0.2) is 4.98 Å². The SMILES string of the molecule is Cc1ccc(-c2n[nH]c(=S)n2CC(=O)N2CCCCC2c2nc3ccccc3s2)cc1. The smallest absolute Gasteiger partial charge is 0.243 e. The zero-order valence-electron chi connectivity index (χ0n) is 17.2. The van der Waals surface area contributed by atoms with Gasteiger partial charge in [0.1, 0.15) is 11.6 Å². The van der Waals surface area contributed by atoms with Gasteiger partial charge in [-0.3, -0.25) is 14.5 Å². The third-order valence-electron chi connectivity index (χ3n) is 5.78. The van der Waals surface area contributed by atoms with Gasteiger partial charge in [-0.05, 0) is 50.5 Å². The van der Waals surface area contributed by atoms with E-state index >= 15 is 0 Å². The van der Waals surface area contributed by atoms with Gasteiger partial charge in [0.2, 0.25) is 5.91 Å². The highest BCUT2D eigenvalue weighted by atomic mass is 32.1. The summed E-state index contributed by atoms with van der Waals surface area (Å²) < 4.78 is 3.42. The number of aromatic nitrogens is 4. The fraction of sp³-hybridized carbons (Fsp3) is 0.304. The largest absolute Gasteiger partial charge is 0.332 e. The number of carbonyl (C=O) groups is 1. The van der Waals surface area contributed by atoms with Crippen molar-refractivity contribution in [2.24, 2.45) is 0 Å². The van der Waals surface area contributed by atoms with Gasteiger partial charge in [-0.1, -0.05) is 42.0 Å². The van der Waals surface area contributed by atoms with Crippen LogP contribution in [-0.4, -0.2) is 37.1 Å². The number of nitrogens with zero attached hydrogens (tertiary/aromatic N) is 4. The van der Waals surface area contributed by atoms with Gasteiger partial charge in [0.05, 0.1) is 16.3 Å². The lowest BCUT2D eigenvalue weighted by Gasteiger charge is -2.34. The molecule has 0 saturated carbocycles. The number of H-pyrrole nitrogens is 1. The number of aromatic amines is 1. The number of likely N-dealkylation sites (tertiary alicyclic amines) is 1. The predicted octanol–water partition coefficient (Wildman–Crippen LogP) is 5.28. The normalized spacial score (nSPS) is 16.7. The Hall–Kier alpha value is -2.84. The Morgan fingerprint density at radius 3 is 2.81 bits per heavy atom. The average molecular weight is 450 g/mol. The van der Waals surface area contributed by atoms with Crippen LogP contribution in [0.1, 0.15) is 35.9 Å². The van der Waals surface area contributed by atoms with Crippen molar-refractivity contribution < 1.29 is 4.79 Å². The van der Waals surface area contributed by atoms with Crippen LogP contribution in [0.3, 0.4) is 0 Å². The molecule has 1 N–H and O–H groups in total. The Kier molecular flexibility index (Phi) is 5.41. The molecule has 0 bridgehead atoms. The van der Waals surface area contributed by atoms with Crippen LogP contribution in [0, 0.1) is 11.7 Å². The van der Waals surface area contributed by atoms with Crippen molar-refractivity contribution in [3.63, 3.8) is 0 Å². The summed E-state index contributed by atoms with van der Waals surface area (Å²) in [7, 11) is 0. The van der Waals surface area contributed by atoms with Crippen LogP contribution < -0.4 is 0 Å². The quantitative estimate of drug-likeness (QED) is 0.431. The summed E-state index contributed by atoms with van der Waals surface area (Å²) in [6, 6.07) is 16.2. The number of thiazole rings is 1. The van der Waals surface area contributed by atoms with E-state index in [4.69, 9.17) is 17.2 Å². The van der Waals surface area contributed by atoms with Crippen LogP contribution >= 0.6 is 23.6 Å². The molecule has 0 aliphatic carbocycles. The number of carbonyl (C=O) groups excluding carboxylic acids is 1. The third kappa shape index (κ3) is 3.93. The van der Waals surface area contributed by atoms with Crippen molar-refractivity contribution in [1.82, 2.24) is 24.6 Å². The van der Waals surface area contributed by atoms with Crippen molar-refractivity contribution in [3.05, 3.63) is 63.9 Å². The number of hydrogen-bond acceptors (Lipinski definition) is 5. The van der Waals surface area contributed by atoms with Crippen molar-refractivity contribution in [2.75, 3.05) is 6.54 Å². The molecule has 4 aromatic rings. The first-order valence-electron chi connectivity index (χ1n) is 10.5. The molecule has 1 aliphatic rings. The van der Waals surface area contributed by atoms with E-state index < -0.39 is 0 Å². The van der Waals surface area contributed by atoms with Crippen LogP contribution in [0.15, 0.2) is 48.5 Å². The molecule has 1 fully saturated rings. The molecule has 31 heavy (non-hydrogen) atoms.